The molecule has 5 nitrogen and oxygen atoms in total. The maximum absolute atomic E-state index is 11.7. The Hall–Kier alpha value is -1.56. The largest absolute Gasteiger partial charge is 0.370 e. The van der Waals surface area contributed by atoms with Crippen molar-refractivity contribution in [3.8, 4) is 0 Å². The molecule has 0 aromatic heterocycles. The second-order valence-corrected chi connectivity index (χ2v) is 7.44. The summed E-state index contributed by atoms with van der Waals surface area (Å²) in [7, 11) is -2.96. The highest BCUT2D eigenvalue weighted by molar-refractivity contribution is 7.92. The molecule has 1 aromatic rings. The second kappa shape index (κ2) is 6.26. The number of hydrogen-bond donors (Lipinski definition) is 2. The summed E-state index contributed by atoms with van der Waals surface area (Å²) in [5.74, 6) is 0.541. The smallest absolute Gasteiger partial charge is 0.193 e. The summed E-state index contributed by atoms with van der Waals surface area (Å²) in [6, 6.07) is 7.92. The summed E-state index contributed by atoms with van der Waals surface area (Å²) in [4.78, 5) is 4.16. The summed E-state index contributed by atoms with van der Waals surface area (Å²) >= 11 is 0. The van der Waals surface area contributed by atoms with Crippen LogP contribution in [-0.2, 0) is 16.3 Å². The average molecular weight is 295 g/mol. The zero-order valence-corrected chi connectivity index (χ0v) is 12.5. The molecule has 0 bridgehead atoms. The van der Waals surface area contributed by atoms with Crippen LogP contribution in [0.1, 0.15) is 25.3 Å². The lowest BCUT2D eigenvalue weighted by Crippen LogP contribution is -2.26. The number of anilines is 1. The van der Waals surface area contributed by atoms with Crippen molar-refractivity contribution < 1.29 is 8.42 Å². The second-order valence-electron chi connectivity index (χ2n) is 5.04. The Labute approximate surface area is 120 Å². The van der Waals surface area contributed by atoms with Gasteiger partial charge in [0.15, 0.2) is 15.8 Å². The van der Waals surface area contributed by atoms with Crippen LogP contribution in [0.5, 0.6) is 0 Å². The van der Waals surface area contributed by atoms with E-state index < -0.39 is 9.84 Å². The molecule has 1 heterocycles. The Kier molecular flexibility index (Phi) is 4.65. The van der Waals surface area contributed by atoms with Gasteiger partial charge in [-0.15, -0.1) is 0 Å². The van der Waals surface area contributed by atoms with E-state index in [1.54, 1.807) is 0 Å². The maximum Gasteiger partial charge on any atom is 0.193 e. The minimum absolute atomic E-state index is 0.245. The SMILES string of the molecule is CCc1cccc(NC(N)=NCC2CCCS2(=O)=O)c1. The van der Waals surface area contributed by atoms with Crippen molar-refractivity contribution in [3.05, 3.63) is 29.8 Å². The van der Waals surface area contributed by atoms with Crippen LogP contribution in [-0.4, -0.2) is 31.9 Å². The van der Waals surface area contributed by atoms with E-state index in [0.29, 0.717) is 6.42 Å². The monoisotopic (exact) mass is 295 g/mol. The van der Waals surface area contributed by atoms with Gasteiger partial charge in [0.2, 0.25) is 0 Å². The lowest BCUT2D eigenvalue weighted by atomic mass is 10.1. The zero-order valence-electron chi connectivity index (χ0n) is 11.7. The Balaban J connectivity index is 1.97. The molecule has 1 fully saturated rings. The number of guanidine groups is 1. The van der Waals surface area contributed by atoms with E-state index in [-0.39, 0.29) is 23.5 Å². The van der Waals surface area contributed by atoms with Crippen LogP contribution < -0.4 is 11.1 Å². The van der Waals surface area contributed by atoms with E-state index in [1.165, 1.54) is 5.56 Å². The molecule has 1 atom stereocenters. The summed E-state index contributed by atoms with van der Waals surface area (Å²) < 4.78 is 23.4. The van der Waals surface area contributed by atoms with Gasteiger partial charge in [-0.25, -0.2) is 8.42 Å². The van der Waals surface area contributed by atoms with E-state index in [2.05, 4.69) is 17.2 Å². The minimum Gasteiger partial charge on any atom is -0.370 e. The third-order valence-electron chi connectivity index (χ3n) is 3.54. The van der Waals surface area contributed by atoms with Crippen molar-refractivity contribution in [2.24, 2.45) is 10.7 Å². The maximum atomic E-state index is 11.7. The number of aryl methyl sites for hydroxylation is 1. The van der Waals surface area contributed by atoms with E-state index >= 15 is 0 Å². The molecule has 6 heteroatoms. The highest BCUT2D eigenvalue weighted by atomic mass is 32.2. The van der Waals surface area contributed by atoms with Gasteiger partial charge in [-0.3, -0.25) is 4.99 Å². The van der Waals surface area contributed by atoms with Crippen LogP contribution in [0.25, 0.3) is 0 Å². The van der Waals surface area contributed by atoms with Crippen molar-refractivity contribution >= 4 is 21.5 Å². The van der Waals surface area contributed by atoms with Crippen molar-refractivity contribution in [2.45, 2.75) is 31.4 Å². The Morgan fingerprint density at radius 3 is 2.95 bits per heavy atom. The number of benzene rings is 1. The minimum atomic E-state index is -2.96. The molecule has 1 unspecified atom stereocenters. The van der Waals surface area contributed by atoms with Gasteiger partial charge in [0.25, 0.3) is 0 Å². The third-order valence-corrected chi connectivity index (χ3v) is 5.79. The molecule has 0 aliphatic carbocycles. The van der Waals surface area contributed by atoms with E-state index in [4.69, 9.17) is 5.73 Å². The highest BCUT2D eigenvalue weighted by Crippen LogP contribution is 2.20. The predicted molar refractivity (Wildman–Crippen MR) is 82.7 cm³/mol. The first-order valence-electron chi connectivity index (χ1n) is 6.88. The van der Waals surface area contributed by atoms with Gasteiger partial charge in [-0.05, 0) is 37.0 Å². The quantitative estimate of drug-likeness (QED) is 0.652. The number of nitrogens with two attached hydrogens (primary N) is 1. The number of aliphatic imine (C=N–C) groups is 1. The first-order valence-corrected chi connectivity index (χ1v) is 8.60. The molecule has 1 aliphatic rings. The lowest BCUT2D eigenvalue weighted by Gasteiger charge is -2.09. The van der Waals surface area contributed by atoms with Crippen LogP contribution >= 0.6 is 0 Å². The molecule has 0 radical (unpaired) electrons. The number of sulfone groups is 1. The van der Waals surface area contributed by atoms with Gasteiger partial charge >= 0.3 is 0 Å². The summed E-state index contributed by atoms with van der Waals surface area (Å²) in [6.07, 6.45) is 2.37. The topological polar surface area (TPSA) is 84.5 Å². The van der Waals surface area contributed by atoms with Crippen LogP contribution in [0.2, 0.25) is 0 Å². The Bertz CT molecular complexity index is 596. The fourth-order valence-electron chi connectivity index (χ4n) is 2.32. The van der Waals surface area contributed by atoms with E-state index in [9.17, 15) is 8.42 Å². The van der Waals surface area contributed by atoms with Gasteiger partial charge in [0, 0.05) is 5.69 Å². The normalized spacial score (nSPS) is 21.9. The molecular weight excluding hydrogens is 274 g/mol. The van der Waals surface area contributed by atoms with Gasteiger partial charge in [0.05, 0.1) is 17.5 Å². The van der Waals surface area contributed by atoms with Gasteiger partial charge in [-0.1, -0.05) is 19.1 Å². The lowest BCUT2D eigenvalue weighted by molar-refractivity contribution is 0.590. The Morgan fingerprint density at radius 1 is 1.50 bits per heavy atom. The van der Waals surface area contributed by atoms with Crippen LogP contribution in [0.3, 0.4) is 0 Å². The molecule has 3 N–H and O–H groups in total. The molecular formula is C14H21N3O2S. The third kappa shape index (κ3) is 3.72. The number of nitrogens with zero attached hydrogens (tertiary/aromatic N) is 1. The van der Waals surface area contributed by atoms with Crippen molar-refractivity contribution in [3.63, 3.8) is 0 Å². The van der Waals surface area contributed by atoms with E-state index in [1.807, 2.05) is 24.3 Å². The molecule has 20 heavy (non-hydrogen) atoms. The standard InChI is InChI=1S/C14H21N3O2S/c1-2-11-5-3-6-12(9-11)17-14(15)16-10-13-7-4-8-20(13,18)19/h3,5-6,9,13H,2,4,7-8,10H2,1H3,(H3,15,16,17). The highest BCUT2D eigenvalue weighted by Gasteiger charge is 2.30. The zero-order chi connectivity index (χ0) is 14.6. The first kappa shape index (κ1) is 14.8. The van der Waals surface area contributed by atoms with Gasteiger partial charge < -0.3 is 11.1 Å². The molecule has 2 rings (SSSR count). The van der Waals surface area contributed by atoms with Crippen molar-refractivity contribution in [1.29, 1.82) is 0 Å². The van der Waals surface area contributed by atoms with Gasteiger partial charge in [-0.2, -0.15) is 0 Å². The fraction of sp³-hybridized carbons (Fsp3) is 0.500. The summed E-state index contributed by atoms with van der Waals surface area (Å²) in [6.45, 7) is 2.33. The molecule has 1 aliphatic heterocycles. The molecule has 1 aromatic carbocycles. The predicted octanol–water partition coefficient (Wildman–Crippen LogP) is 1.55. The number of rotatable bonds is 4. The fourth-order valence-corrected chi connectivity index (χ4v) is 4.05. The molecule has 0 spiro atoms. The van der Waals surface area contributed by atoms with Crippen molar-refractivity contribution in [1.82, 2.24) is 0 Å². The summed E-state index contributed by atoms with van der Waals surface area (Å²) in [5, 5.41) is 2.63. The number of nitrogens with one attached hydrogen (secondary N) is 1. The first-order chi connectivity index (χ1) is 9.51. The molecule has 0 saturated carbocycles. The molecule has 1 saturated heterocycles. The van der Waals surface area contributed by atoms with Gasteiger partial charge in [0.1, 0.15) is 0 Å². The number of hydrogen-bond acceptors (Lipinski definition) is 3. The van der Waals surface area contributed by atoms with Crippen LogP contribution in [0.4, 0.5) is 5.69 Å². The van der Waals surface area contributed by atoms with Crippen LogP contribution in [0.15, 0.2) is 29.3 Å². The summed E-state index contributed by atoms with van der Waals surface area (Å²) in [5.41, 5.74) is 7.89. The molecule has 110 valence electrons. The van der Waals surface area contributed by atoms with Crippen LogP contribution in [0, 0.1) is 0 Å². The average Bonchev–Trinajstić information content (AvgIpc) is 2.75. The molecule has 0 amide bonds. The van der Waals surface area contributed by atoms with Crippen molar-refractivity contribution in [2.75, 3.05) is 17.6 Å². The Morgan fingerprint density at radius 2 is 2.30 bits per heavy atom. The van der Waals surface area contributed by atoms with E-state index in [0.717, 1.165) is 18.5 Å².